The number of nitrogens with one attached hydrogen (secondary N) is 1. The van der Waals surface area contributed by atoms with Crippen LogP contribution in [-0.2, 0) is 9.59 Å². The van der Waals surface area contributed by atoms with Gasteiger partial charge in [0.05, 0.1) is 6.42 Å². The molecule has 1 radical (unpaired) electrons. The monoisotopic (exact) mass is 162 g/mol. The van der Waals surface area contributed by atoms with E-state index >= 15 is 0 Å². The molecular weight excluding hydrogens is 154 g/mol. The minimum Gasteiger partial charge on any atom is -0.480 e. The van der Waals surface area contributed by atoms with Gasteiger partial charge in [0.25, 0.3) is 0 Å². The number of carboxylic acid groups (broad SMARTS) is 1. The Morgan fingerprint density at radius 2 is 2.20 bits per heavy atom. The van der Waals surface area contributed by atoms with Crippen molar-refractivity contribution in [3.8, 4) is 0 Å². The van der Waals surface area contributed by atoms with Gasteiger partial charge in [-0.2, -0.15) is 12.6 Å². The molecule has 0 aromatic heterocycles. The van der Waals surface area contributed by atoms with Crippen molar-refractivity contribution in [2.75, 3.05) is 12.3 Å². The molecule has 0 bridgehead atoms. The van der Waals surface area contributed by atoms with Crippen LogP contribution in [0.5, 0.6) is 0 Å². The highest BCUT2D eigenvalue weighted by atomic mass is 32.1. The number of hydrogen-bond acceptors (Lipinski definition) is 3. The smallest absolute Gasteiger partial charge is 0.322 e. The first-order valence-corrected chi connectivity index (χ1v) is 3.23. The van der Waals surface area contributed by atoms with Gasteiger partial charge in [0.2, 0.25) is 5.91 Å². The molecule has 0 aromatic carbocycles. The lowest BCUT2D eigenvalue weighted by molar-refractivity contribution is -0.137. The van der Waals surface area contributed by atoms with Crippen molar-refractivity contribution in [3.05, 3.63) is 6.42 Å². The third-order valence-corrected chi connectivity index (χ3v) is 0.873. The van der Waals surface area contributed by atoms with Crippen molar-refractivity contribution >= 4 is 24.5 Å². The molecule has 0 saturated carbocycles. The van der Waals surface area contributed by atoms with Gasteiger partial charge in [-0.05, 0) is 0 Å². The van der Waals surface area contributed by atoms with E-state index in [4.69, 9.17) is 5.11 Å². The van der Waals surface area contributed by atoms with Gasteiger partial charge in [-0.3, -0.25) is 9.59 Å². The van der Waals surface area contributed by atoms with Gasteiger partial charge in [0.1, 0.15) is 6.54 Å². The van der Waals surface area contributed by atoms with E-state index < -0.39 is 11.9 Å². The minimum absolute atomic E-state index is 0.311. The maximum atomic E-state index is 10.5. The second-order valence-corrected chi connectivity index (χ2v) is 1.86. The highest BCUT2D eigenvalue weighted by Crippen LogP contribution is 1.80. The fraction of sp³-hybridized carbons (Fsp3) is 0.400. The Balaban J connectivity index is 3.30. The lowest BCUT2D eigenvalue weighted by Crippen LogP contribution is -2.29. The molecular formula is C5H8NO3S. The first-order valence-electron chi connectivity index (χ1n) is 2.60. The number of aliphatic carboxylic acids is 1. The molecule has 2 N–H and O–H groups in total. The number of carbonyl (C=O) groups excluding carboxylic acids is 1. The van der Waals surface area contributed by atoms with E-state index in [1.165, 1.54) is 6.42 Å². The van der Waals surface area contributed by atoms with Crippen LogP contribution < -0.4 is 5.32 Å². The van der Waals surface area contributed by atoms with Crippen LogP contribution in [0.3, 0.4) is 0 Å². The maximum Gasteiger partial charge on any atom is 0.322 e. The molecule has 0 fully saturated rings. The van der Waals surface area contributed by atoms with Crippen molar-refractivity contribution in [3.63, 3.8) is 0 Å². The van der Waals surface area contributed by atoms with Gasteiger partial charge in [0.15, 0.2) is 0 Å². The molecule has 57 valence electrons. The normalized spacial score (nSPS) is 8.90. The second kappa shape index (κ2) is 5.10. The maximum absolute atomic E-state index is 10.5. The van der Waals surface area contributed by atoms with E-state index in [1.54, 1.807) is 0 Å². The molecule has 0 aliphatic carbocycles. The average molecular weight is 162 g/mol. The molecule has 0 heterocycles. The topological polar surface area (TPSA) is 66.4 Å². The van der Waals surface area contributed by atoms with Crippen molar-refractivity contribution in [2.24, 2.45) is 0 Å². The summed E-state index contributed by atoms with van der Waals surface area (Å²) in [4.78, 5) is 20.3. The summed E-state index contributed by atoms with van der Waals surface area (Å²) in [5.41, 5.74) is 0. The first-order chi connectivity index (χ1) is 4.66. The van der Waals surface area contributed by atoms with E-state index in [0.717, 1.165) is 0 Å². The standard InChI is InChI=1S/C5H8NO3S/c7-4(1-2-10)6-3-5(8)9/h1,10H,2-3H2,(H,6,7)(H,8,9). The predicted octanol–water partition coefficient (Wildman–Crippen LogP) is -0.679. The molecule has 0 aliphatic rings. The number of hydrogen-bond donors (Lipinski definition) is 3. The summed E-state index contributed by atoms with van der Waals surface area (Å²) in [5, 5.41) is 10.2. The number of carboxylic acids is 1. The van der Waals surface area contributed by atoms with Crippen LogP contribution in [0.15, 0.2) is 0 Å². The zero-order chi connectivity index (χ0) is 7.98. The minimum atomic E-state index is -1.05. The Hall–Kier alpha value is -0.710. The van der Waals surface area contributed by atoms with Gasteiger partial charge in [-0.15, -0.1) is 0 Å². The zero-order valence-electron chi connectivity index (χ0n) is 5.20. The Morgan fingerprint density at radius 1 is 1.60 bits per heavy atom. The summed E-state index contributed by atoms with van der Waals surface area (Å²) >= 11 is 3.74. The SMILES string of the molecule is O=C(O)CNC(=O)[CH]CS. The summed E-state index contributed by atoms with van der Waals surface area (Å²) in [7, 11) is 0. The molecule has 0 spiro atoms. The van der Waals surface area contributed by atoms with Gasteiger partial charge in [0, 0.05) is 5.75 Å². The number of rotatable bonds is 4. The summed E-state index contributed by atoms with van der Waals surface area (Å²) in [6.45, 7) is -0.344. The van der Waals surface area contributed by atoms with E-state index in [2.05, 4.69) is 17.9 Å². The number of carbonyl (C=O) groups is 2. The molecule has 10 heavy (non-hydrogen) atoms. The average Bonchev–Trinajstić information content (AvgIpc) is 1.85. The molecule has 0 saturated heterocycles. The Kier molecular flexibility index (Phi) is 4.74. The summed E-state index contributed by atoms with van der Waals surface area (Å²) in [6.07, 6.45) is 1.26. The van der Waals surface area contributed by atoms with Crippen LogP contribution >= 0.6 is 12.6 Å². The molecule has 0 rings (SSSR count). The van der Waals surface area contributed by atoms with Gasteiger partial charge in [-0.25, -0.2) is 0 Å². The number of thiol groups is 1. The lowest BCUT2D eigenvalue weighted by Gasteiger charge is -1.97. The third-order valence-electron chi connectivity index (χ3n) is 0.691. The summed E-state index contributed by atoms with van der Waals surface area (Å²) < 4.78 is 0. The highest BCUT2D eigenvalue weighted by molar-refractivity contribution is 7.80. The van der Waals surface area contributed by atoms with Crippen molar-refractivity contribution in [1.82, 2.24) is 5.32 Å². The van der Waals surface area contributed by atoms with Crippen molar-refractivity contribution < 1.29 is 14.7 Å². The van der Waals surface area contributed by atoms with E-state index in [-0.39, 0.29) is 6.54 Å². The second-order valence-electron chi connectivity index (χ2n) is 1.50. The van der Waals surface area contributed by atoms with E-state index in [9.17, 15) is 9.59 Å². The van der Waals surface area contributed by atoms with Crippen molar-refractivity contribution in [1.29, 1.82) is 0 Å². The lowest BCUT2D eigenvalue weighted by atomic mass is 10.4. The van der Waals surface area contributed by atoms with Crippen LogP contribution in [0.2, 0.25) is 0 Å². The Morgan fingerprint density at radius 3 is 2.60 bits per heavy atom. The fourth-order valence-corrected chi connectivity index (χ4v) is 0.484. The number of amides is 1. The van der Waals surface area contributed by atoms with Crippen molar-refractivity contribution in [2.45, 2.75) is 0 Å². The van der Waals surface area contributed by atoms with Crippen LogP contribution in [0.25, 0.3) is 0 Å². The van der Waals surface area contributed by atoms with E-state index in [0.29, 0.717) is 5.75 Å². The predicted molar refractivity (Wildman–Crippen MR) is 38.8 cm³/mol. The Bertz CT molecular complexity index is 137. The van der Waals surface area contributed by atoms with Gasteiger partial charge >= 0.3 is 5.97 Å². The molecule has 0 atom stereocenters. The quantitative estimate of drug-likeness (QED) is 0.480. The zero-order valence-corrected chi connectivity index (χ0v) is 6.10. The molecule has 1 amide bonds. The van der Waals surface area contributed by atoms with E-state index in [1.807, 2.05) is 0 Å². The molecule has 4 nitrogen and oxygen atoms in total. The molecule has 0 unspecified atom stereocenters. The van der Waals surface area contributed by atoms with Crippen LogP contribution in [-0.4, -0.2) is 29.3 Å². The largest absolute Gasteiger partial charge is 0.480 e. The van der Waals surface area contributed by atoms with Gasteiger partial charge in [-0.1, -0.05) is 0 Å². The third kappa shape index (κ3) is 5.43. The van der Waals surface area contributed by atoms with Gasteiger partial charge < -0.3 is 10.4 Å². The Labute approximate surface area is 64.0 Å². The summed E-state index contributed by atoms with van der Waals surface area (Å²) in [5.74, 6) is -1.15. The highest BCUT2D eigenvalue weighted by Gasteiger charge is 2.01. The first kappa shape index (κ1) is 9.29. The molecule has 0 aromatic rings. The fourth-order valence-electron chi connectivity index (χ4n) is 0.318. The molecule has 0 aliphatic heterocycles. The molecule has 5 heteroatoms. The van der Waals surface area contributed by atoms with Crippen LogP contribution in [0.4, 0.5) is 0 Å². The van der Waals surface area contributed by atoms with Crippen LogP contribution in [0.1, 0.15) is 0 Å². The van der Waals surface area contributed by atoms with Crippen LogP contribution in [0, 0.1) is 6.42 Å². The summed E-state index contributed by atoms with van der Waals surface area (Å²) in [6, 6.07) is 0.